The number of rotatable bonds is 0. The van der Waals surface area contributed by atoms with Crippen molar-refractivity contribution in [1.82, 2.24) is 0 Å². The van der Waals surface area contributed by atoms with E-state index in [9.17, 15) is 5.11 Å². The largest absolute Gasteiger partial charge is 0.289 e. The van der Waals surface area contributed by atoms with E-state index in [1.165, 1.54) is 17.4 Å². The Bertz CT molecular complexity index is 473. The van der Waals surface area contributed by atoms with Crippen LogP contribution in [-0.2, 0) is 5.11 Å². The monoisotopic (exact) mass is 193 g/mol. The quantitative estimate of drug-likeness (QED) is 0.583. The molecule has 12 heavy (non-hydrogen) atoms. The summed E-state index contributed by atoms with van der Waals surface area (Å²) in [5.74, 6) is 0.0225. The van der Waals surface area contributed by atoms with Crippen molar-refractivity contribution in [2.75, 3.05) is 0 Å². The second-order valence-corrected chi connectivity index (χ2v) is 4.21. The lowest BCUT2D eigenvalue weighted by Gasteiger charge is -1.95. The van der Waals surface area contributed by atoms with Crippen molar-refractivity contribution in [3.05, 3.63) is 34.2 Å². The molecule has 1 radical (unpaired) electrons. The van der Waals surface area contributed by atoms with Crippen LogP contribution in [0.2, 0.25) is 0 Å². The summed E-state index contributed by atoms with van der Waals surface area (Å²) in [4.78, 5) is 0. The van der Waals surface area contributed by atoms with Gasteiger partial charge in [0, 0.05) is 16.2 Å². The Morgan fingerprint density at radius 2 is 2.00 bits per heavy atom. The molecule has 0 atom stereocenters. The van der Waals surface area contributed by atoms with Crippen LogP contribution in [0.4, 0.5) is 0 Å². The third-order valence-electron chi connectivity index (χ3n) is 1.61. The first-order valence-corrected chi connectivity index (χ1v) is 4.70. The van der Waals surface area contributed by atoms with Gasteiger partial charge in [-0.2, -0.15) is 0 Å². The molecule has 0 saturated carbocycles. The third-order valence-corrected chi connectivity index (χ3v) is 2.87. The zero-order chi connectivity index (χ0) is 8.55. The molecule has 1 nitrogen and oxygen atoms in total. The van der Waals surface area contributed by atoms with Gasteiger partial charge in [-0.15, -0.1) is 11.3 Å². The summed E-state index contributed by atoms with van der Waals surface area (Å²) in [6.07, 6.45) is 0. The van der Waals surface area contributed by atoms with Gasteiger partial charge in [0.2, 0.25) is 0 Å². The Hall–Kier alpha value is -0.930. The maximum atomic E-state index is 11.3. The van der Waals surface area contributed by atoms with Crippen LogP contribution in [0.5, 0.6) is 5.75 Å². The van der Waals surface area contributed by atoms with Crippen molar-refractivity contribution >= 4 is 33.6 Å². The fraction of sp³-hybridized carbons (Fsp3) is 0. The Morgan fingerprint density at radius 3 is 2.83 bits per heavy atom. The van der Waals surface area contributed by atoms with Crippen LogP contribution in [0.15, 0.2) is 30.3 Å². The molecule has 0 aliphatic heterocycles. The SMILES string of the molecule is [O]c1cc(=S)sc2ccccc12. The van der Waals surface area contributed by atoms with E-state index in [2.05, 4.69) is 0 Å². The van der Waals surface area contributed by atoms with Gasteiger partial charge in [-0.25, -0.2) is 0 Å². The lowest BCUT2D eigenvalue weighted by Crippen LogP contribution is -1.68. The van der Waals surface area contributed by atoms with Gasteiger partial charge in [-0.05, 0) is 12.1 Å². The first-order chi connectivity index (χ1) is 5.77. The summed E-state index contributed by atoms with van der Waals surface area (Å²) in [5, 5.41) is 12.1. The normalized spacial score (nSPS) is 10.3. The van der Waals surface area contributed by atoms with Crippen molar-refractivity contribution in [3.63, 3.8) is 0 Å². The highest BCUT2D eigenvalue weighted by molar-refractivity contribution is 7.73. The predicted molar refractivity (Wildman–Crippen MR) is 52.8 cm³/mol. The van der Waals surface area contributed by atoms with Crippen LogP contribution in [0.1, 0.15) is 0 Å². The van der Waals surface area contributed by atoms with Gasteiger partial charge in [0.05, 0.1) is 3.82 Å². The molecule has 0 saturated heterocycles. The molecule has 0 aliphatic carbocycles. The number of hydrogen-bond donors (Lipinski definition) is 0. The first kappa shape index (κ1) is 7.71. The number of fused-ring (bicyclic) bond motifs is 1. The molecule has 0 N–H and O–H groups in total. The van der Waals surface area contributed by atoms with Crippen LogP contribution < -0.4 is 0 Å². The van der Waals surface area contributed by atoms with Crippen LogP contribution in [0.25, 0.3) is 10.1 Å². The third kappa shape index (κ3) is 1.21. The molecule has 0 aliphatic rings. The first-order valence-electron chi connectivity index (χ1n) is 3.47. The van der Waals surface area contributed by atoms with Crippen LogP contribution >= 0.6 is 23.6 Å². The summed E-state index contributed by atoms with van der Waals surface area (Å²) >= 11 is 6.42. The zero-order valence-electron chi connectivity index (χ0n) is 6.11. The lowest BCUT2D eigenvalue weighted by molar-refractivity contribution is 0.360. The molecule has 0 fully saturated rings. The molecule has 3 heteroatoms. The Kier molecular flexibility index (Phi) is 1.83. The maximum absolute atomic E-state index is 11.3. The fourth-order valence-corrected chi connectivity index (χ4v) is 2.27. The van der Waals surface area contributed by atoms with Crippen molar-refractivity contribution < 1.29 is 5.11 Å². The average molecular weight is 193 g/mol. The molecule has 1 aromatic heterocycles. The molecule has 0 amide bonds. The second-order valence-electron chi connectivity index (χ2n) is 2.43. The van der Waals surface area contributed by atoms with Gasteiger partial charge in [0.15, 0.2) is 5.75 Å². The van der Waals surface area contributed by atoms with E-state index in [1.807, 2.05) is 24.3 Å². The highest BCUT2D eigenvalue weighted by Gasteiger charge is 2.00. The molecule has 0 bridgehead atoms. The molecule has 1 aromatic carbocycles. The van der Waals surface area contributed by atoms with E-state index >= 15 is 0 Å². The molecular weight excluding hydrogens is 188 g/mol. The zero-order valence-corrected chi connectivity index (χ0v) is 7.74. The van der Waals surface area contributed by atoms with Gasteiger partial charge in [0.25, 0.3) is 0 Å². The van der Waals surface area contributed by atoms with E-state index in [4.69, 9.17) is 12.2 Å². The topological polar surface area (TPSA) is 19.9 Å². The average Bonchev–Trinajstić information content (AvgIpc) is 2.04. The highest BCUT2D eigenvalue weighted by Crippen LogP contribution is 2.28. The smallest absolute Gasteiger partial charge is 0.189 e. The Morgan fingerprint density at radius 1 is 1.25 bits per heavy atom. The van der Waals surface area contributed by atoms with Gasteiger partial charge < -0.3 is 0 Å². The molecule has 59 valence electrons. The van der Waals surface area contributed by atoms with Crippen molar-refractivity contribution in [3.8, 4) is 5.75 Å². The Labute approximate surface area is 78.9 Å². The minimum Gasteiger partial charge on any atom is -0.289 e. The van der Waals surface area contributed by atoms with Crippen LogP contribution in [-0.4, -0.2) is 0 Å². The maximum Gasteiger partial charge on any atom is 0.189 e. The summed E-state index contributed by atoms with van der Waals surface area (Å²) < 4.78 is 1.62. The highest BCUT2D eigenvalue weighted by atomic mass is 32.1. The van der Waals surface area contributed by atoms with Crippen molar-refractivity contribution in [1.29, 1.82) is 0 Å². The van der Waals surface area contributed by atoms with Gasteiger partial charge in [-0.1, -0.05) is 24.4 Å². The molecule has 0 spiro atoms. The van der Waals surface area contributed by atoms with Gasteiger partial charge in [-0.3, -0.25) is 5.11 Å². The van der Waals surface area contributed by atoms with Gasteiger partial charge >= 0.3 is 0 Å². The van der Waals surface area contributed by atoms with E-state index in [-0.39, 0.29) is 5.75 Å². The summed E-state index contributed by atoms with van der Waals surface area (Å²) in [6.45, 7) is 0. The number of benzene rings is 1. The van der Waals surface area contributed by atoms with E-state index in [0.717, 1.165) is 10.1 Å². The molecular formula is C9H5OS2. The minimum atomic E-state index is 0.0225. The molecule has 0 unspecified atom stereocenters. The fourth-order valence-electron chi connectivity index (χ4n) is 1.08. The van der Waals surface area contributed by atoms with Gasteiger partial charge in [0.1, 0.15) is 0 Å². The van der Waals surface area contributed by atoms with Crippen molar-refractivity contribution in [2.45, 2.75) is 0 Å². The molecule has 2 rings (SSSR count). The predicted octanol–water partition coefficient (Wildman–Crippen LogP) is 3.77. The molecule has 1 heterocycles. The summed E-state index contributed by atoms with van der Waals surface area (Å²) in [5.41, 5.74) is 0. The number of hydrogen-bond acceptors (Lipinski definition) is 2. The van der Waals surface area contributed by atoms with E-state index in [0.29, 0.717) is 3.82 Å². The summed E-state index contributed by atoms with van der Waals surface area (Å²) in [6, 6.07) is 9.01. The lowest BCUT2D eigenvalue weighted by atomic mass is 10.2. The van der Waals surface area contributed by atoms with Crippen LogP contribution in [0.3, 0.4) is 0 Å². The van der Waals surface area contributed by atoms with E-state index in [1.54, 1.807) is 0 Å². The van der Waals surface area contributed by atoms with Crippen molar-refractivity contribution in [2.24, 2.45) is 0 Å². The molecule has 2 aromatic rings. The second kappa shape index (κ2) is 2.84. The minimum absolute atomic E-state index is 0.0225. The Balaban J connectivity index is 2.99. The standard InChI is InChI=1S/C9H5OS2/c10-7-5-9(11)12-8-4-2-1-3-6(7)8/h1-5H. The van der Waals surface area contributed by atoms with Crippen LogP contribution in [0, 0.1) is 3.82 Å². The summed E-state index contributed by atoms with van der Waals surface area (Å²) in [7, 11) is 0. The van der Waals surface area contributed by atoms with E-state index < -0.39 is 0 Å².